The van der Waals surface area contributed by atoms with Crippen molar-refractivity contribution < 1.29 is 19.0 Å². The van der Waals surface area contributed by atoms with E-state index in [-0.39, 0.29) is 12.1 Å². The van der Waals surface area contributed by atoms with Crippen LogP contribution >= 0.6 is 0 Å². The molecule has 0 aliphatic heterocycles. The molecule has 0 aliphatic carbocycles. The van der Waals surface area contributed by atoms with Crippen molar-refractivity contribution in [3.05, 3.63) is 29.8 Å². The second-order valence-electron chi connectivity index (χ2n) is 4.42. The summed E-state index contributed by atoms with van der Waals surface area (Å²) < 4.78 is 16.0. The molecule has 110 valence electrons. The van der Waals surface area contributed by atoms with Gasteiger partial charge in [-0.3, -0.25) is 0 Å². The molecule has 0 unspecified atom stereocenters. The maximum Gasteiger partial charge on any atom is 0.331 e. The molecular weight excluding hydrogens is 256 g/mol. The van der Waals surface area contributed by atoms with E-state index < -0.39 is 0 Å². The quantitative estimate of drug-likeness (QED) is 0.566. The van der Waals surface area contributed by atoms with E-state index in [9.17, 15) is 4.79 Å². The molecule has 4 nitrogen and oxygen atoms in total. The molecule has 1 rings (SSSR count). The summed E-state index contributed by atoms with van der Waals surface area (Å²) in [5.74, 6) is 1.07. The first-order chi connectivity index (χ1) is 9.55. The SMILES string of the molecule is CCOc1cc(C=CC(=O)OC(C)C)cc(OCC)c1. The lowest BCUT2D eigenvalue weighted by molar-refractivity contribution is -0.141. The maximum absolute atomic E-state index is 11.5. The van der Waals surface area contributed by atoms with Gasteiger partial charge in [0.1, 0.15) is 11.5 Å². The van der Waals surface area contributed by atoms with Crippen molar-refractivity contribution in [2.75, 3.05) is 13.2 Å². The molecule has 0 bridgehead atoms. The number of carbonyl (C=O) groups is 1. The molecule has 0 saturated carbocycles. The minimum absolute atomic E-state index is 0.124. The van der Waals surface area contributed by atoms with Crippen molar-refractivity contribution in [3.63, 3.8) is 0 Å². The second-order valence-corrected chi connectivity index (χ2v) is 4.42. The van der Waals surface area contributed by atoms with Crippen LogP contribution in [0.25, 0.3) is 6.08 Å². The standard InChI is InChI=1S/C16H22O4/c1-5-18-14-9-13(10-15(11-14)19-6-2)7-8-16(17)20-12(3)4/h7-12H,5-6H2,1-4H3. The predicted octanol–water partition coefficient (Wildman–Crippen LogP) is 3.45. The summed E-state index contributed by atoms with van der Waals surface area (Å²) in [5.41, 5.74) is 0.833. The van der Waals surface area contributed by atoms with E-state index in [0.717, 1.165) is 17.1 Å². The molecule has 0 N–H and O–H groups in total. The fourth-order valence-electron chi connectivity index (χ4n) is 1.63. The normalized spacial score (nSPS) is 10.8. The Morgan fingerprint density at radius 2 is 1.65 bits per heavy atom. The van der Waals surface area contributed by atoms with E-state index in [1.165, 1.54) is 6.08 Å². The molecule has 0 amide bonds. The van der Waals surface area contributed by atoms with Gasteiger partial charge in [0.25, 0.3) is 0 Å². The molecule has 1 aromatic carbocycles. The molecule has 0 saturated heterocycles. The number of benzene rings is 1. The van der Waals surface area contributed by atoms with Gasteiger partial charge in [0.2, 0.25) is 0 Å². The first kappa shape index (κ1) is 16.1. The van der Waals surface area contributed by atoms with Crippen LogP contribution in [0, 0.1) is 0 Å². The summed E-state index contributed by atoms with van der Waals surface area (Å²) in [7, 11) is 0. The van der Waals surface area contributed by atoms with Gasteiger partial charge in [-0.1, -0.05) is 0 Å². The van der Waals surface area contributed by atoms with E-state index in [4.69, 9.17) is 14.2 Å². The van der Waals surface area contributed by atoms with Gasteiger partial charge in [0.05, 0.1) is 19.3 Å². The van der Waals surface area contributed by atoms with Crippen LogP contribution in [-0.4, -0.2) is 25.3 Å². The van der Waals surface area contributed by atoms with Gasteiger partial charge in [0.15, 0.2) is 0 Å². The van der Waals surface area contributed by atoms with Gasteiger partial charge in [-0.2, -0.15) is 0 Å². The maximum atomic E-state index is 11.5. The molecule has 0 fully saturated rings. The largest absolute Gasteiger partial charge is 0.494 e. The molecule has 0 heterocycles. The van der Waals surface area contributed by atoms with E-state index in [1.807, 2.05) is 45.9 Å². The monoisotopic (exact) mass is 278 g/mol. The number of ether oxygens (including phenoxy) is 3. The topological polar surface area (TPSA) is 44.8 Å². The third-order valence-electron chi connectivity index (χ3n) is 2.29. The Labute approximate surface area is 120 Å². The average molecular weight is 278 g/mol. The zero-order valence-corrected chi connectivity index (χ0v) is 12.5. The fourth-order valence-corrected chi connectivity index (χ4v) is 1.63. The second kappa shape index (κ2) is 8.25. The Morgan fingerprint density at radius 1 is 1.10 bits per heavy atom. The lowest BCUT2D eigenvalue weighted by Crippen LogP contribution is -2.08. The number of hydrogen-bond donors (Lipinski definition) is 0. The van der Waals surface area contributed by atoms with Crippen LogP contribution in [0.2, 0.25) is 0 Å². The predicted molar refractivity (Wildman–Crippen MR) is 79.0 cm³/mol. The van der Waals surface area contributed by atoms with Crippen molar-refractivity contribution in [2.24, 2.45) is 0 Å². The van der Waals surface area contributed by atoms with E-state index in [2.05, 4.69) is 0 Å². The molecule has 1 aromatic rings. The Morgan fingerprint density at radius 3 is 2.10 bits per heavy atom. The Kier molecular flexibility index (Phi) is 6.64. The van der Waals surface area contributed by atoms with Crippen molar-refractivity contribution in [1.82, 2.24) is 0 Å². The lowest BCUT2D eigenvalue weighted by atomic mass is 10.2. The highest BCUT2D eigenvalue weighted by atomic mass is 16.5. The molecule has 0 aliphatic rings. The molecular formula is C16H22O4. The van der Waals surface area contributed by atoms with Gasteiger partial charge >= 0.3 is 5.97 Å². The van der Waals surface area contributed by atoms with Crippen LogP contribution in [0.1, 0.15) is 33.3 Å². The third-order valence-corrected chi connectivity index (χ3v) is 2.29. The van der Waals surface area contributed by atoms with Gasteiger partial charge in [-0.05, 0) is 51.5 Å². The van der Waals surface area contributed by atoms with Crippen LogP contribution in [0.5, 0.6) is 11.5 Å². The molecule has 0 atom stereocenters. The van der Waals surface area contributed by atoms with Gasteiger partial charge < -0.3 is 14.2 Å². The summed E-state index contributed by atoms with van der Waals surface area (Å²) in [6, 6.07) is 5.53. The van der Waals surface area contributed by atoms with Crippen LogP contribution in [0.3, 0.4) is 0 Å². The summed E-state index contributed by atoms with van der Waals surface area (Å²) in [5, 5.41) is 0. The summed E-state index contributed by atoms with van der Waals surface area (Å²) in [6.07, 6.45) is 2.97. The van der Waals surface area contributed by atoms with E-state index >= 15 is 0 Å². The number of rotatable bonds is 7. The van der Waals surface area contributed by atoms with Crippen molar-refractivity contribution in [3.8, 4) is 11.5 Å². The molecule has 4 heteroatoms. The van der Waals surface area contributed by atoms with Gasteiger partial charge in [-0.15, -0.1) is 0 Å². The van der Waals surface area contributed by atoms with E-state index in [1.54, 1.807) is 6.08 Å². The minimum atomic E-state index is -0.361. The molecule has 0 aromatic heterocycles. The first-order valence-corrected chi connectivity index (χ1v) is 6.84. The highest BCUT2D eigenvalue weighted by Crippen LogP contribution is 2.24. The third kappa shape index (κ3) is 5.78. The van der Waals surface area contributed by atoms with Gasteiger partial charge in [-0.25, -0.2) is 4.79 Å². The Balaban J connectivity index is 2.86. The number of esters is 1. The first-order valence-electron chi connectivity index (χ1n) is 6.84. The molecule has 20 heavy (non-hydrogen) atoms. The van der Waals surface area contributed by atoms with Crippen LogP contribution in [0.4, 0.5) is 0 Å². The van der Waals surface area contributed by atoms with Crippen LogP contribution in [0.15, 0.2) is 24.3 Å². The smallest absolute Gasteiger partial charge is 0.331 e. The fraction of sp³-hybridized carbons (Fsp3) is 0.438. The van der Waals surface area contributed by atoms with Crippen molar-refractivity contribution >= 4 is 12.0 Å². The zero-order valence-electron chi connectivity index (χ0n) is 12.5. The lowest BCUT2D eigenvalue weighted by Gasteiger charge is -2.09. The summed E-state index contributed by atoms with van der Waals surface area (Å²) in [6.45, 7) is 8.62. The Hall–Kier alpha value is -1.97. The average Bonchev–Trinajstić information content (AvgIpc) is 2.36. The Bertz CT molecular complexity index is 439. The number of carbonyl (C=O) groups excluding carboxylic acids is 1. The van der Waals surface area contributed by atoms with Crippen molar-refractivity contribution in [1.29, 1.82) is 0 Å². The molecule has 0 radical (unpaired) electrons. The zero-order chi connectivity index (χ0) is 15.0. The highest BCUT2D eigenvalue weighted by molar-refractivity contribution is 5.87. The van der Waals surface area contributed by atoms with Crippen LogP contribution < -0.4 is 9.47 Å². The van der Waals surface area contributed by atoms with Crippen molar-refractivity contribution in [2.45, 2.75) is 33.8 Å². The minimum Gasteiger partial charge on any atom is -0.494 e. The highest BCUT2D eigenvalue weighted by Gasteiger charge is 2.03. The van der Waals surface area contributed by atoms with Crippen LogP contribution in [-0.2, 0) is 9.53 Å². The summed E-state index contributed by atoms with van der Waals surface area (Å²) in [4.78, 5) is 11.5. The van der Waals surface area contributed by atoms with Gasteiger partial charge in [0, 0.05) is 12.1 Å². The molecule has 0 spiro atoms. The summed E-state index contributed by atoms with van der Waals surface area (Å²) >= 11 is 0. The number of hydrogen-bond acceptors (Lipinski definition) is 4. The van der Waals surface area contributed by atoms with E-state index in [0.29, 0.717) is 13.2 Å².